The normalized spacial score (nSPS) is 24.5. The highest BCUT2D eigenvalue weighted by Crippen LogP contribution is 2.45. The number of amides is 2. The maximum Gasteiger partial charge on any atom is 0.274 e. The van der Waals surface area contributed by atoms with Crippen LogP contribution in [0.1, 0.15) is 66.0 Å². The fourth-order valence-electron chi connectivity index (χ4n) is 6.74. The highest BCUT2D eigenvalue weighted by molar-refractivity contribution is 5.94. The molecule has 0 unspecified atom stereocenters. The first-order chi connectivity index (χ1) is 17.8. The van der Waals surface area contributed by atoms with E-state index in [0.717, 1.165) is 63.0 Å². The Balaban J connectivity index is 1.19. The lowest BCUT2D eigenvalue weighted by molar-refractivity contribution is -0.135. The van der Waals surface area contributed by atoms with Crippen molar-refractivity contribution in [3.05, 3.63) is 46.3 Å². The molecule has 2 atom stereocenters. The van der Waals surface area contributed by atoms with E-state index in [1.54, 1.807) is 0 Å². The molecule has 1 aromatic heterocycles. The van der Waals surface area contributed by atoms with Gasteiger partial charge in [-0.2, -0.15) is 5.10 Å². The summed E-state index contributed by atoms with van der Waals surface area (Å²) in [7, 11) is 0. The predicted molar refractivity (Wildman–Crippen MR) is 142 cm³/mol. The van der Waals surface area contributed by atoms with Crippen LogP contribution in [0.2, 0.25) is 0 Å². The number of hydrogen-bond acceptors (Lipinski definition) is 5. The van der Waals surface area contributed by atoms with Crippen LogP contribution in [0.15, 0.2) is 18.2 Å². The second kappa shape index (κ2) is 9.15. The average molecular weight is 506 g/mol. The van der Waals surface area contributed by atoms with Crippen LogP contribution in [0.5, 0.6) is 0 Å². The minimum Gasteiger partial charge on any atom is -0.372 e. The Morgan fingerprint density at radius 1 is 1.08 bits per heavy atom. The lowest BCUT2D eigenvalue weighted by Crippen LogP contribution is -2.58. The molecule has 6 rings (SSSR count). The molecule has 2 aromatic rings. The first kappa shape index (κ1) is 24.5. The fourth-order valence-corrected chi connectivity index (χ4v) is 6.74. The van der Waals surface area contributed by atoms with Crippen molar-refractivity contribution in [1.82, 2.24) is 19.6 Å². The van der Waals surface area contributed by atoms with Crippen LogP contribution in [0.25, 0.3) is 0 Å². The predicted octanol–water partition coefficient (Wildman–Crippen LogP) is 3.12. The number of aryl methyl sites for hydroxylation is 1. The molecule has 2 aliphatic carbocycles. The van der Waals surface area contributed by atoms with Gasteiger partial charge in [-0.05, 0) is 77.0 Å². The lowest BCUT2D eigenvalue weighted by atomic mass is 10.0. The van der Waals surface area contributed by atoms with Crippen LogP contribution in [0.3, 0.4) is 0 Å². The summed E-state index contributed by atoms with van der Waals surface area (Å²) in [5.41, 5.74) is 6.52. The second-order valence-corrected chi connectivity index (χ2v) is 11.7. The van der Waals surface area contributed by atoms with Crippen molar-refractivity contribution < 1.29 is 14.3 Å². The minimum atomic E-state index is -0.0689. The van der Waals surface area contributed by atoms with Crippen LogP contribution in [0.4, 0.5) is 5.69 Å². The van der Waals surface area contributed by atoms with Gasteiger partial charge < -0.3 is 19.4 Å². The monoisotopic (exact) mass is 505 g/mol. The molecule has 0 bridgehead atoms. The number of aromatic nitrogens is 2. The largest absolute Gasteiger partial charge is 0.372 e. The minimum absolute atomic E-state index is 0.0152. The highest BCUT2D eigenvalue weighted by atomic mass is 16.5. The van der Waals surface area contributed by atoms with E-state index in [1.165, 1.54) is 16.8 Å². The molecule has 3 heterocycles. The van der Waals surface area contributed by atoms with Gasteiger partial charge in [0.15, 0.2) is 5.69 Å². The summed E-state index contributed by atoms with van der Waals surface area (Å²) in [6, 6.07) is 6.49. The van der Waals surface area contributed by atoms with Gasteiger partial charge in [-0.1, -0.05) is 12.1 Å². The van der Waals surface area contributed by atoms with Crippen molar-refractivity contribution in [2.45, 2.75) is 84.1 Å². The standard InChI is InChI=1S/C29H39N5O3/c1-19-7-5-9-24(22(19)4)31-13-14-33(29(18-31)11-12-29)26(35)17-34-25-10-6-8-23(25)27(30-34)28(36)32-15-20(2)37-21(3)16-32/h5,7,9,20-21H,6,8,10-18H2,1-4H3/t20-,21+. The topological polar surface area (TPSA) is 70.9 Å². The maximum absolute atomic E-state index is 13.7. The van der Waals surface area contributed by atoms with Crippen molar-refractivity contribution in [1.29, 1.82) is 0 Å². The first-order valence-corrected chi connectivity index (χ1v) is 13.9. The molecule has 37 heavy (non-hydrogen) atoms. The molecule has 1 saturated carbocycles. The molecular weight excluding hydrogens is 466 g/mol. The molecule has 8 nitrogen and oxygen atoms in total. The molecule has 1 spiro atoms. The van der Waals surface area contributed by atoms with Gasteiger partial charge in [0, 0.05) is 49.7 Å². The van der Waals surface area contributed by atoms with Gasteiger partial charge in [0.25, 0.3) is 5.91 Å². The van der Waals surface area contributed by atoms with E-state index >= 15 is 0 Å². The summed E-state index contributed by atoms with van der Waals surface area (Å²) in [6.45, 7) is 12.2. The summed E-state index contributed by atoms with van der Waals surface area (Å²) in [6.07, 6.45) is 4.88. The molecule has 0 N–H and O–H groups in total. The van der Waals surface area contributed by atoms with Crippen molar-refractivity contribution in [2.75, 3.05) is 37.6 Å². The van der Waals surface area contributed by atoms with Gasteiger partial charge >= 0.3 is 0 Å². The Hall–Kier alpha value is -2.87. The Morgan fingerprint density at radius 2 is 1.84 bits per heavy atom. The fraction of sp³-hybridized carbons (Fsp3) is 0.621. The summed E-state index contributed by atoms with van der Waals surface area (Å²) in [5.74, 6) is 0.107. The van der Waals surface area contributed by atoms with Gasteiger partial charge in [0.2, 0.25) is 5.91 Å². The first-order valence-electron chi connectivity index (χ1n) is 13.9. The molecule has 2 saturated heterocycles. The highest BCUT2D eigenvalue weighted by Gasteiger charge is 2.53. The Morgan fingerprint density at radius 3 is 2.57 bits per heavy atom. The third-order valence-corrected chi connectivity index (χ3v) is 8.90. The molecule has 2 aliphatic heterocycles. The van der Waals surface area contributed by atoms with Crippen molar-refractivity contribution >= 4 is 17.5 Å². The zero-order chi connectivity index (χ0) is 25.9. The molecule has 198 valence electrons. The van der Waals surface area contributed by atoms with Gasteiger partial charge in [0.05, 0.1) is 17.7 Å². The summed E-state index contributed by atoms with van der Waals surface area (Å²) in [4.78, 5) is 33.6. The molecular formula is C29H39N5O3. The number of rotatable bonds is 4. The van der Waals surface area contributed by atoms with Crippen molar-refractivity contribution in [2.24, 2.45) is 0 Å². The lowest BCUT2D eigenvalue weighted by Gasteiger charge is -2.44. The zero-order valence-corrected chi connectivity index (χ0v) is 22.6. The number of carbonyl (C=O) groups excluding carboxylic acids is 2. The van der Waals surface area contributed by atoms with Crippen LogP contribution in [0, 0.1) is 13.8 Å². The number of nitrogens with zero attached hydrogens (tertiary/aromatic N) is 5. The second-order valence-electron chi connectivity index (χ2n) is 11.7. The molecule has 0 radical (unpaired) electrons. The summed E-state index contributed by atoms with van der Waals surface area (Å²) >= 11 is 0. The van der Waals surface area contributed by atoms with E-state index < -0.39 is 0 Å². The number of hydrogen-bond donors (Lipinski definition) is 0. The molecule has 3 fully saturated rings. The van der Waals surface area contributed by atoms with Gasteiger partial charge in [-0.25, -0.2) is 0 Å². The third-order valence-electron chi connectivity index (χ3n) is 8.90. The number of benzene rings is 1. The van der Waals surface area contributed by atoms with E-state index in [0.29, 0.717) is 18.8 Å². The summed E-state index contributed by atoms with van der Waals surface area (Å²) < 4.78 is 7.67. The maximum atomic E-state index is 13.7. The van der Waals surface area contributed by atoms with Crippen molar-refractivity contribution in [3.63, 3.8) is 0 Å². The summed E-state index contributed by atoms with van der Waals surface area (Å²) in [5, 5.41) is 4.77. The molecule has 8 heteroatoms. The SMILES string of the molecule is Cc1cccc(N2CCN(C(=O)Cn3nc(C(=O)N4C[C@@H](C)O[C@@H](C)C4)c4c3CCC4)C3(CC3)C2)c1C. The Bertz CT molecular complexity index is 1220. The van der Waals surface area contributed by atoms with E-state index in [2.05, 4.69) is 41.8 Å². The van der Waals surface area contributed by atoms with Crippen molar-refractivity contribution in [3.8, 4) is 0 Å². The molecule has 1 aromatic carbocycles. The Kier molecular flexibility index (Phi) is 6.05. The van der Waals surface area contributed by atoms with Gasteiger partial charge in [0.1, 0.15) is 6.54 Å². The van der Waals surface area contributed by atoms with Crippen LogP contribution >= 0.6 is 0 Å². The van der Waals surface area contributed by atoms with Gasteiger partial charge in [-0.15, -0.1) is 0 Å². The van der Waals surface area contributed by atoms with Crippen LogP contribution in [-0.2, 0) is 28.9 Å². The molecule has 2 amide bonds. The number of piperazine rings is 1. The molecule has 4 aliphatic rings. The van der Waals surface area contributed by atoms with Crippen LogP contribution in [-0.4, -0.2) is 81.9 Å². The third kappa shape index (κ3) is 4.33. The Labute approximate surface area is 219 Å². The van der Waals surface area contributed by atoms with E-state index in [1.807, 2.05) is 23.4 Å². The number of fused-ring (bicyclic) bond motifs is 1. The van der Waals surface area contributed by atoms with E-state index in [4.69, 9.17) is 9.84 Å². The smallest absolute Gasteiger partial charge is 0.274 e. The zero-order valence-electron chi connectivity index (χ0n) is 22.6. The number of ether oxygens (including phenoxy) is 1. The van der Waals surface area contributed by atoms with E-state index in [9.17, 15) is 9.59 Å². The number of anilines is 1. The number of morpholine rings is 1. The van der Waals surface area contributed by atoms with Gasteiger partial charge in [-0.3, -0.25) is 14.3 Å². The van der Waals surface area contributed by atoms with Crippen LogP contribution < -0.4 is 4.90 Å². The van der Waals surface area contributed by atoms with E-state index in [-0.39, 0.29) is 36.1 Å². The number of carbonyl (C=O) groups is 2. The quantitative estimate of drug-likeness (QED) is 0.639. The average Bonchev–Trinajstić information content (AvgIpc) is 3.30.